The first kappa shape index (κ1) is 15.7. The molecule has 0 saturated carbocycles. The zero-order chi connectivity index (χ0) is 15.5. The van der Waals surface area contributed by atoms with Crippen molar-refractivity contribution in [2.45, 2.75) is 18.4 Å². The van der Waals surface area contributed by atoms with E-state index >= 15 is 0 Å². The number of para-hydroxylation sites is 2. The van der Waals surface area contributed by atoms with E-state index in [1.807, 2.05) is 0 Å². The number of hydrogen-bond acceptors (Lipinski definition) is 4. The van der Waals surface area contributed by atoms with E-state index in [0.29, 0.717) is 11.3 Å². The molecule has 0 saturated heterocycles. The molecule has 0 heterocycles. The third-order valence-corrected chi connectivity index (χ3v) is 5.23. The summed E-state index contributed by atoms with van der Waals surface area (Å²) in [6.45, 7) is 1.89. The lowest BCUT2D eigenvalue weighted by atomic mass is 10.2. The monoisotopic (exact) mass is 325 g/mol. The lowest BCUT2D eigenvalue weighted by Crippen LogP contribution is -2.09. The van der Waals surface area contributed by atoms with Gasteiger partial charge in [0.05, 0.1) is 21.4 Å². The first-order valence-corrected chi connectivity index (χ1v) is 8.50. The summed E-state index contributed by atoms with van der Waals surface area (Å²) in [4.78, 5) is 0.258. The number of phenols is 1. The van der Waals surface area contributed by atoms with Crippen LogP contribution in [0.2, 0.25) is 5.02 Å². The zero-order valence-corrected chi connectivity index (χ0v) is 13.1. The van der Waals surface area contributed by atoms with Crippen LogP contribution in [0.5, 0.6) is 5.75 Å². The molecule has 112 valence electrons. The van der Waals surface area contributed by atoms with Gasteiger partial charge in [-0.15, -0.1) is 0 Å². The molecule has 6 heteroatoms. The Morgan fingerprint density at radius 2 is 1.86 bits per heavy atom. The normalized spacial score (nSPS) is 11.3. The van der Waals surface area contributed by atoms with Crippen LogP contribution in [0.15, 0.2) is 47.4 Å². The molecule has 0 aromatic heterocycles. The Bertz CT molecular complexity index is 744. The predicted octanol–water partition coefficient (Wildman–Crippen LogP) is 3.45. The third-order valence-electron chi connectivity index (χ3n) is 3.14. The molecular formula is C15H16ClNO3S. The van der Waals surface area contributed by atoms with Crippen LogP contribution in [0.4, 0.5) is 5.69 Å². The standard InChI is InChI=1S/C15H16ClNO3S/c1-2-21(19,20)14-9-4-3-8-13(14)17-10-11-6-5-7-12(16)15(11)18/h3-9,17-18H,2,10H2,1H3. The van der Waals surface area contributed by atoms with Gasteiger partial charge in [-0.3, -0.25) is 0 Å². The summed E-state index contributed by atoms with van der Waals surface area (Å²) >= 11 is 5.85. The van der Waals surface area contributed by atoms with Crippen molar-refractivity contribution in [3.63, 3.8) is 0 Å². The van der Waals surface area contributed by atoms with Crippen LogP contribution in [0, 0.1) is 0 Å². The van der Waals surface area contributed by atoms with E-state index in [1.165, 1.54) is 0 Å². The number of nitrogens with one attached hydrogen (secondary N) is 1. The van der Waals surface area contributed by atoms with E-state index in [1.54, 1.807) is 49.4 Å². The maximum atomic E-state index is 12.0. The Hall–Kier alpha value is -1.72. The van der Waals surface area contributed by atoms with Crippen molar-refractivity contribution < 1.29 is 13.5 Å². The fourth-order valence-electron chi connectivity index (χ4n) is 1.93. The summed E-state index contributed by atoms with van der Waals surface area (Å²) in [5.74, 6) is 0.0381. The van der Waals surface area contributed by atoms with Gasteiger partial charge in [0.1, 0.15) is 5.75 Å². The Labute approximate surface area is 129 Å². The van der Waals surface area contributed by atoms with E-state index in [-0.39, 0.29) is 28.0 Å². The van der Waals surface area contributed by atoms with Crippen LogP contribution in [0.3, 0.4) is 0 Å². The highest BCUT2D eigenvalue weighted by molar-refractivity contribution is 7.91. The van der Waals surface area contributed by atoms with Crippen LogP contribution < -0.4 is 5.32 Å². The average molecular weight is 326 g/mol. The molecule has 0 atom stereocenters. The summed E-state index contributed by atoms with van der Waals surface area (Å²) < 4.78 is 24.1. The van der Waals surface area contributed by atoms with Crippen LogP contribution in [0.25, 0.3) is 0 Å². The molecule has 2 rings (SSSR count). The zero-order valence-electron chi connectivity index (χ0n) is 11.5. The van der Waals surface area contributed by atoms with Crippen LogP contribution >= 0.6 is 11.6 Å². The van der Waals surface area contributed by atoms with Gasteiger partial charge in [-0.1, -0.05) is 42.8 Å². The van der Waals surface area contributed by atoms with Gasteiger partial charge in [0, 0.05) is 12.1 Å². The molecular weight excluding hydrogens is 310 g/mol. The number of rotatable bonds is 5. The number of anilines is 1. The lowest BCUT2D eigenvalue weighted by molar-refractivity contribution is 0.469. The van der Waals surface area contributed by atoms with Crippen molar-refractivity contribution in [1.29, 1.82) is 0 Å². The van der Waals surface area contributed by atoms with Gasteiger partial charge >= 0.3 is 0 Å². The summed E-state index contributed by atoms with van der Waals surface area (Å²) in [5, 5.41) is 13.2. The molecule has 0 aliphatic heterocycles. The minimum absolute atomic E-state index is 0.00231. The highest BCUT2D eigenvalue weighted by Gasteiger charge is 2.16. The van der Waals surface area contributed by atoms with E-state index < -0.39 is 9.84 Å². The largest absolute Gasteiger partial charge is 0.506 e. The Morgan fingerprint density at radius 1 is 1.14 bits per heavy atom. The fraction of sp³-hybridized carbons (Fsp3) is 0.200. The highest BCUT2D eigenvalue weighted by atomic mass is 35.5. The third kappa shape index (κ3) is 3.49. The molecule has 0 spiro atoms. The summed E-state index contributed by atoms with van der Waals surface area (Å²) in [7, 11) is -3.30. The minimum atomic E-state index is -3.30. The van der Waals surface area contributed by atoms with Crippen molar-refractivity contribution in [2.75, 3.05) is 11.1 Å². The molecule has 2 aromatic carbocycles. The number of halogens is 1. The van der Waals surface area contributed by atoms with E-state index in [2.05, 4.69) is 5.32 Å². The molecule has 4 nitrogen and oxygen atoms in total. The molecule has 0 amide bonds. The SMILES string of the molecule is CCS(=O)(=O)c1ccccc1NCc1cccc(Cl)c1O. The highest BCUT2D eigenvalue weighted by Crippen LogP contribution is 2.28. The fourth-order valence-corrected chi connectivity index (χ4v) is 3.20. The van der Waals surface area contributed by atoms with Gasteiger partial charge in [0.15, 0.2) is 9.84 Å². The second kappa shape index (κ2) is 6.37. The second-order valence-electron chi connectivity index (χ2n) is 4.50. The Kier molecular flexibility index (Phi) is 4.75. The van der Waals surface area contributed by atoms with Gasteiger partial charge in [-0.2, -0.15) is 0 Å². The molecule has 0 bridgehead atoms. The molecule has 0 fully saturated rings. The van der Waals surface area contributed by atoms with Gasteiger partial charge in [-0.05, 0) is 18.2 Å². The number of hydrogen-bond donors (Lipinski definition) is 2. The van der Waals surface area contributed by atoms with Crippen molar-refractivity contribution in [3.05, 3.63) is 53.1 Å². The number of benzene rings is 2. The minimum Gasteiger partial charge on any atom is -0.506 e. The molecule has 0 radical (unpaired) electrons. The predicted molar refractivity (Wildman–Crippen MR) is 84.6 cm³/mol. The summed E-state index contributed by atoms with van der Waals surface area (Å²) in [5.41, 5.74) is 1.12. The molecule has 2 aromatic rings. The van der Waals surface area contributed by atoms with Gasteiger partial charge in [0.25, 0.3) is 0 Å². The molecule has 2 N–H and O–H groups in total. The summed E-state index contributed by atoms with van der Waals surface area (Å²) in [6.07, 6.45) is 0. The van der Waals surface area contributed by atoms with Crippen LogP contribution in [-0.4, -0.2) is 19.3 Å². The quantitative estimate of drug-likeness (QED) is 0.883. The Balaban J connectivity index is 2.27. The average Bonchev–Trinajstić information content (AvgIpc) is 2.49. The maximum absolute atomic E-state index is 12.0. The number of aromatic hydroxyl groups is 1. The van der Waals surface area contributed by atoms with Gasteiger partial charge < -0.3 is 10.4 Å². The molecule has 0 unspecified atom stereocenters. The smallest absolute Gasteiger partial charge is 0.180 e. The lowest BCUT2D eigenvalue weighted by Gasteiger charge is -2.13. The number of phenolic OH excluding ortho intramolecular Hbond substituents is 1. The summed E-state index contributed by atoms with van der Waals surface area (Å²) in [6, 6.07) is 11.8. The molecule has 21 heavy (non-hydrogen) atoms. The second-order valence-corrected chi connectivity index (χ2v) is 7.15. The first-order valence-electron chi connectivity index (χ1n) is 6.47. The van der Waals surface area contributed by atoms with Crippen molar-refractivity contribution in [1.82, 2.24) is 0 Å². The topological polar surface area (TPSA) is 66.4 Å². The van der Waals surface area contributed by atoms with Crippen molar-refractivity contribution in [2.24, 2.45) is 0 Å². The van der Waals surface area contributed by atoms with E-state index in [0.717, 1.165) is 0 Å². The van der Waals surface area contributed by atoms with Crippen LogP contribution in [0.1, 0.15) is 12.5 Å². The van der Waals surface area contributed by atoms with Gasteiger partial charge in [-0.25, -0.2) is 8.42 Å². The van der Waals surface area contributed by atoms with Crippen molar-refractivity contribution in [3.8, 4) is 5.75 Å². The Morgan fingerprint density at radius 3 is 2.57 bits per heavy atom. The van der Waals surface area contributed by atoms with E-state index in [4.69, 9.17) is 11.6 Å². The van der Waals surface area contributed by atoms with Crippen molar-refractivity contribution >= 4 is 27.1 Å². The molecule has 0 aliphatic rings. The number of sulfone groups is 1. The maximum Gasteiger partial charge on any atom is 0.180 e. The molecule has 0 aliphatic carbocycles. The van der Waals surface area contributed by atoms with E-state index in [9.17, 15) is 13.5 Å². The van der Waals surface area contributed by atoms with Crippen LogP contribution in [-0.2, 0) is 16.4 Å². The first-order chi connectivity index (χ1) is 9.95. The van der Waals surface area contributed by atoms with Gasteiger partial charge in [0.2, 0.25) is 0 Å².